The Kier molecular flexibility index (Phi) is 8.00. The van der Waals surface area contributed by atoms with Crippen LogP contribution in [-0.4, -0.2) is 19.0 Å². The normalized spacial score (nSPS) is 10.8. The minimum atomic E-state index is 0.295. The second kappa shape index (κ2) is 8.24. The first kappa shape index (κ1) is 12.6. The quantitative estimate of drug-likeness (QED) is 0.545. The van der Waals surface area contributed by atoms with E-state index in [-0.39, 0.29) is 0 Å². The summed E-state index contributed by atoms with van der Waals surface area (Å²) in [5, 5.41) is 0. The van der Waals surface area contributed by atoms with Gasteiger partial charge in [-0.1, -0.05) is 20.3 Å². The smallest absolute Gasteiger partial charge is 0.129 e. The van der Waals surface area contributed by atoms with Gasteiger partial charge in [0, 0.05) is 19.6 Å². The Labute approximate surface area is 81.7 Å². The molecule has 0 aliphatic heterocycles. The summed E-state index contributed by atoms with van der Waals surface area (Å²) in [7, 11) is 0. The molecule has 0 aromatic rings. The molecule has 0 atom stereocenters. The van der Waals surface area contributed by atoms with Gasteiger partial charge in [0.05, 0.1) is 0 Å². The van der Waals surface area contributed by atoms with E-state index in [1.807, 2.05) is 0 Å². The van der Waals surface area contributed by atoms with E-state index in [1.54, 1.807) is 6.92 Å². The van der Waals surface area contributed by atoms with Crippen molar-refractivity contribution < 1.29 is 9.53 Å². The molecule has 0 N–H and O–H groups in total. The summed E-state index contributed by atoms with van der Waals surface area (Å²) in [4.78, 5) is 10.6. The minimum absolute atomic E-state index is 0.295. The summed E-state index contributed by atoms with van der Waals surface area (Å²) >= 11 is 0. The number of hydrogen-bond donors (Lipinski definition) is 0. The maximum atomic E-state index is 10.6. The van der Waals surface area contributed by atoms with Crippen LogP contribution in [0.2, 0.25) is 0 Å². The number of carbonyl (C=O) groups is 1. The van der Waals surface area contributed by atoms with Crippen molar-refractivity contribution in [2.75, 3.05) is 13.2 Å². The van der Waals surface area contributed by atoms with Gasteiger partial charge in [0.1, 0.15) is 5.78 Å². The second-order valence-corrected chi connectivity index (χ2v) is 3.98. The molecular formula is C11H22O2. The molecule has 0 amide bonds. The Balaban J connectivity index is 2.96. The fraction of sp³-hybridized carbons (Fsp3) is 0.909. The van der Waals surface area contributed by atoms with Crippen molar-refractivity contribution in [2.45, 2.75) is 46.5 Å². The third-order valence-corrected chi connectivity index (χ3v) is 1.77. The van der Waals surface area contributed by atoms with Gasteiger partial charge in [0.25, 0.3) is 0 Å². The molecule has 0 saturated heterocycles. The third-order valence-electron chi connectivity index (χ3n) is 1.77. The molecule has 13 heavy (non-hydrogen) atoms. The standard InChI is InChI=1S/C11H22O2/c1-10(2)9-13-8-6-4-5-7-11(3)12/h10H,4-9H2,1-3H3. The van der Waals surface area contributed by atoms with E-state index in [9.17, 15) is 4.79 Å². The number of Topliss-reactive ketones (excluding diaryl/α,β-unsaturated/α-hetero) is 1. The van der Waals surface area contributed by atoms with Crippen molar-refractivity contribution in [2.24, 2.45) is 5.92 Å². The highest BCUT2D eigenvalue weighted by Gasteiger charge is 1.95. The van der Waals surface area contributed by atoms with Crippen LogP contribution < -0.4 is 0 Å². The van der Waals surface area contributed by atoms with Crippen molar-refractivity contribution >= 4 is 5.78 Å². The zero-order chi connectivity index (χ0) is 10.1. The molecular weight excluding hydrogens is 164 g/mol. The summed E-state index contributed by atoms with van der Waals surface area (Å²) in [5.74, 6) is 0.917. The number of unbranched alkanes of at least 4 members (excludes halogenated alkanes) is 2. The maximum Gasteiger partial charge on any atom is 0.129 e. The zero-order valence-corrected chi connectivity index (χ0v) is 9.14. The predicted octanol–water partition coefficient (Wildman–Crippen LogP) is 2.81. The van der Waals surface area contributed by atoms with Gasteiger partial charge in [-0.3, -0.25) is 0 Å². The minimum Gasteiger partial charge on any atom is -0.381 e. The number of carbonyl (C=O) groups excluding carboxylic acids is 1. The van der Waals surface area contributed by atoms with Crippen LogP contribution >= 0.6 is 0 Å². The van der Waals surface area contributed by atoms with Gasteiger partial charge in [0.2, 0.25) is 0 Å². The molecule has 2 heteroatoms. The van der Waals surface area contributed by atoms with Crippen LogP contribution in [0.5, 0.6) is 0 Å². The molecule has 78 valence electrons. The molecule has 2 nitrogen and oxygen atoms in total. The van der Waals surface area contributed by atoms with Crippen LogP contribution in [-0.2, 0) is 9.53 Å². The fourth-order valence-electron chi connectivity index (χ4n) is 1.07. The van der Waals surface area contributed by atoms with Crippen molar-refractivity contribution in [3.63, 3.8) is 0 Å². The van der Waals surface area contributed by atoms with E-state index in [2.05, 4.69) is 13.8 Å². The Morgan fingerprint density at radius 3 is 2.46 bits per heavy atom. The third kappa shape index (κ3) is 11.6. The predicted molar refractivity (Wildman–Crippen MR) is 54.8 cm³/mol. The average Bonchev–Trinajstić information content (AvgIpc) is 2.01. The molecule has 0 rings (SSSR count). The highest BCUT2D eigenvalue weighted by atomic mass is 16.5. The Hall–Kier alpha value is -0.370. The Morgan fingerprint density at radius 1 is 1.23 bits per heavy atom. The lowest BCUT2D eigenvalue weighted by atomic mass is 10.1. The first-order valence-corrected chi connectivity index (χ1v) is 5.20. The topological polar surface area (TPSA) is 26.3 Å². The van der Waals surface area contributed by atoms with Gasteiger partial charge in [-0.25, -0.2) is 0 Å². The van der Waals surface area contributed by atoms with Crippen LogP contribution in [0, 0.1) is 5.92 Å². The largest absolute Gasteiger partial charge is 0.381 e. The number of ketones is 1. The maximum absolute atomic E-state index is 10.6. The molecule has 0 heterocycles. The highest BCUT2D eigenvalue weighted by Crippen LogP contribution is 2.01. The first-order chi connectivity index (χ1) is 6.13. The average molecular weight is 186 g/mol. The zero-order valence-electron chi connectivity index (χ0n) is 9.14. The molecule has 0 unspecified atom stereocenters. The second-order valence-electron chi connectivity index (χ2n) is 3.98. The van der Waals surface area contributed by atoms with Gasteiger partial charge in [-0.15, -0.1) is 0 Å². The van der Waals surface area contributed by atoms with Crippen molar-refractivity contribution in [3.8, 4) is 0 Å². The van der Waals surface area contributed by atoms with Crippen molar-refractivity contribution in [1.29, 1.82) is 0 Å². The van der Waals surface area contributed by atoms with Crippen LogP contribution in [0.4, 0.5) is 0 Å². The molecule has 0 aliphatic rings. The lowest BCUT2D eigenvalue weighted by molar-refractivity contribution is -0.117. The van der Waals surface area contributed by atoms with Gasteiger partial charge in [-0.2, -0.15) is 0 Å². The van der Waals surface area contributed by atoms with E-state index in [1.165, 1.54) is 0 Å². The van der Waals surface area contributed by atoms with Gasteiger partial charge >= 0.3 is 0 Å². The summed E-state index contributed by atoms with van der Waals surface area (Å²) in [6.45, 7) is 7.64. The van der Waals surface area contributed by atoms with Crippen LogP contribution in [0.1, 0.15) is 46.5 Å². The highest BCUT2D eigenvalue weighted by molar-refractivity contribution is 5.75. The summed E-state index contributed by atoms with van der Waals surface area (Å²) in [6.07, 6.45) is 3.93. The lowest BCUT2D eigenvalue weighted by Crippen LogP contribution is -2.03. The summed E-state index contributed by atoms with van der Waals surface area (Å²) in [6, 6.07) is 0. The number of hydrogen-bond acceptors (Lipinski definition) is 2. The van der Waals surface area contributed by atoms with E-state index < -0.39 is 0 Å². The lowest BCUT2D eigenvalue weighted by Gasteiger charge is -2.05. The first-order valence-electron chi connectivity index (χ1n) is 5.20. The Morgan fingerprint density at radius 2 is 1.92 bits per heavy atom. The van der Waals surface area contributed by atoms with Gasteiger partial charge in [-0.05, 0) is 25.7 Å². The Bertz CT molecular complexity index is 130. The monoisotopic (exact) mass is 186 g/mol. The van der Waals surface area contributed by atoms with Crippen LogP contribution in [0.15, 0.2) is 0 Å². The van der Waals surface area contributed by atoms with Crippen LogP contribution in [0.25, 0.3) is 0 Å². The van der Waals surface area contributed by atoms with Crippen molar-refractivity contribution in [1.82, 2.24) is 0 Å². The number of ether oxygens (including phenoxy) is 1. The molecule has 0 aromatic heterocycles. The van der Waals surface area contributed by atoms with Crippen LogP contribution in [0.3, 0.4) is 0 Å². The van der Waals surface area contributed by atoms with Gasteiger partial charge in [0.15, 0.2) is 0 Å². The van der Waals surface area contributed by atoms with E-state index in [4.69, 9.17) is 4.74 Å². The molecule has 0 fully saturated rings. The van der Waals surface area contributed by atoms with Crippen molar-refractivity contribution in [3.05, 3.63) is 0 Å². The summed E-state index contributed by atoms with van der Waals surface area (Å²) in [5.41, 5.74) is 0. The van der Waals surface area contributed by atoms with Gasteiger partial charge < -0.3 is 9.53 Å². The summed E-state index contributed by atoms with van der Waals surface area (Å²) < 4.78 is 5.42. The van der Waals surface area contributed by atoms with E-state index in [0.29, 0.717) is 11.7 Å². The molecule has 0 radical (unpaired) electrons. The molecule has 0 spiro atoms. The van der Waals surface area contributed by atoms with E-state index in [0.717, 1.165) is 38.9 Å². The molecule has 0 bridgehead atoms. The van der Waals surface area contributed by atoms with E-state index >= 15 is 0 Å². The molecule has 0 aliphatic carbocycles. The fourth-order valence-corrected chi connectivity index (χ4v) is 1.07. The SMILES string of the molecule is CC(=O)CCCCCOCC(C)C. The molecule has 0 aromatic carbocycles. The number of rotatable bonds is 8. The molecule has 0 saturated carbocycles.